The number of hydrogen-bond donors (Lipinski definition) is 0. The molecule has 2 unspecified atom stereocenters. The summed E-state index contributed by atoms with van der Waals surface area (Å²) in [5, 5.41) is 2.47. The van der Waals surface area contributed by atoms with Gasteiger partial charge >= 0.3 is 5.97 Å². The zero-order chi connectivity index (χ0) is 38.5. The number of hydrogen-bond acceptors (Lipinski definition) is 7. The molecule has 0 amide bonds. The molecule has 1 saturated heterocycles. The Bertz CT molecular complexity index is 1320. The Morgan fingerprint density at radius 2 is 1.56 bits per heavy atom. The highest BCUT2D eigenvalue weighted by atomic mass is 16.5. The number of pyridine rings is 1. The molecule has 7 heteroatoms. The van der Waals surface area contributed by atoms with Gasteiger partial charge < -0.3 is 19.1 Å². The van der Waals surface area contributed by atoms with Crippen molar-refractivity contribution in [2.45, 2.75) is 128 Å². The van der Waals surface area contributed by atoms with Gasteiger partial charge in [0.2, 0.25) is 0 Å². The van der Waals surface area contributed by atoms with Gasteiger partial charge in [0, 0.05) is 43.2 Å². The smallest absolute Gasteiger partial charge is 0.302 e. The Morgan fingerprint density at radius 1 is 0.940 bits per heavy atom. The average Bonchev–Trinajstić information content (AvgIpc) is 3.09. The van der Waals surface area contributed by atoms with Crippen molar-refractivity contribution in [2.75, 3.05) is 32.9 Å². The Morgan fingerprint density at radius 3 is 2.08 bits per heavy atom. The van der Waals surface area contributed by atoms with Crippen LogP contribution in [0.15, 0.2) is 54.7 Å². The van der Waals surface area contributed by atoms with Crippen molar-refractivity contribution in [3.8, 4) is 0 Å². The van der Waals surface area contributed by atoms with Gasteiger partial charge in [0.15, 0.2) is 0 Å². The summed E-state index contributed by atoms with van der Waals surface area (Å²) in [6, 6.07) is 17.5. The van der Waals surface area contributed by atoms with Crippen molar-refractivity contribution < 1.29 is 23.9 Å². The minimum Gasteiger partial charge on any atom is -0.466 e. The van der Waals surface area contributed by atoms with E-state index in [0.29, 0.717) is 19.1 Å². The number of carbonyl (C=O) groups excluding carboxylic acids is 3. The van der Waals surface area contributed by atoms with Crippen LogP contribution >= 0.6 is 0 Å². The molecule has 1 fully saturated rings. The normalized spacial score (nSPS) is 13.8. The van der Waals surface area contributed by atoms with Crippen molar-refractivity contribution in [1.82, 2.24) is 9.88 Å². The van der Waals surface area contributed by atoms with Gasteiger partial charge in [-0.05, 0) is 108 Å². The van der Waals surface area contributed by atoms with Crippen molar-refractivity contribution in [3.05, 3.63) is 77.1 Å². The molecule has 0 radical (unpaired) electrons. The van der Waals surface area contributed by atoms with Crippen molar-refractivity contribution in [2.24, 2.45) is 5.92 Å². The van der Waals surface area contributed by atoms with E-state index < -0.39 is 0 Å². The van der Waals surface area contributed by atoms with Gasteiger partial charge in [0.1, 0.15) is 11.6 Å². The first kappa shape index (κ1) is 48.7. The number of rotatable bonds is 9. The second kappa shape index (κ2) is 30.4. The van der Waals surface area contributed by atoms with Crippen LogP contribution in [0.4, 0.5) is 0 Å². The van der Waals surface area contributed by atoms with Gasteiger partial charge in [0.05, 0.1) is 19.8 Å². The number of esters is 1. The molecule has 1 aromatic heterocycles. The summed E-state index contributed by atoms with van der Waals surface area (Å²) in [6.45, 7) is 29.7. The SMILES string of the molecule is CC.CC(=O)CCC(C)COC(C)=O.CC(C)=O.CCCN1CCOCC1CC.CCc1cccc(C)c1C.Cc1cc2ccccc2cn1. The summed E-state index contributed by atoms with van der Waals surface area (Å²) in [5.41, 5.74) is 5.40. The fourth-order valence-electron chi connectivity index (χ4n) is 4.83. The molecule has 1 aliphatic rings. The Labute approximate surface area is 305 Å². The van der Waals surface area contributed by atoms with E-state index >= 15 is 0 Å². The van der Waals surface area contributed by atoms with Crippen LogP contribution in [0.3, 0.4) is 0 Å². The largest absolute Gasteiger partial charge is 0.466 e. The molecule has 2 aromatic carbocycles. The van der Waals surface area contributed by atoms with Crippen LogP contribution in [-0.2, 0) is 30.3 Å². The summed E-state index contributed by atoms with van der Waals surface area (Å²) >= 11 is 0. The number of ether oxygens (including phenoxy) is 2. The number of carbonyl (C=O) groups is 3. The third-order valence-corrected chi connectivity index (χ3v) is 7.76. The zero-order valence-electron chi connectivity index (χ0n) is 33.9. The summed E-state index contributed by atoms with van der Waals surface area (Å²) in [6.07, 6.45) is 6.90. The standard InChI is InChI=1S/C10H9N.C10H14.C9H19NO.C9H16O3.C3H6O.C2H6/c1-8-6-9-4-2-3-5-10(9)7-11-8;1-4-10-7-5-6-8(2)9(10)3;1-3-5-10-6-7-11-8-9(10)4-2;1-7(4-5-8(2)10)6-12-9(3)11;1-3(2)4;1-2/h2-7H,1H3;5-7H,4H2,1-3H3;9H,3-8H2,1-2H3;7H,4-6H2,1-3H3;1-2H3;1-2H3. The van der Waals surface area contributed by atoms with Gasteiger partial charge in [-0.1, -0.05) is 84.0 Å². The first-order valence-electron chi connectivity index (χ1n) is 18.5. The van der Waals surface area contributed by atoms with E-state index in [0.717, 1.165) is 38.3 Å². The second-order valence-corrected chi connectivity index (χ2v) is 12.6. The lowest BCUT2D eigenvalue weighted by Gasteiger charge is -2.34. The molecule has 282 valence electrons. The summed E-state index contributed by atoms with van der Waals surface area (Å²) in [5.74, 6) is 0.368. The highest BCUT2D eigenvalue weighted by Gasteiger charge is 2.19. The van der Waals surface area contributed by atoms with E-state index in [1.165, 1.54) is 67.6 Å². The van der Waals surface area contributed by atoms with Gasteiger partial charge in [-0.15, -0.1) is 0 Å². The monoisotopic (exact) mass is 695 g/mol. The van der Waals surface area contributed by atoms with Crippen molar-refractivity contribution in [1.29, 1.82) is 0 Å². The predicted octanol–water partition coefficient (Wildman–Crippen LogP) is 10.1. The predicted molar refractivity (Wildman–Crippen MR) is 212 cm³/mol. The van der Waals surface area contributed by atoms with Gasteiger partial charge in [-0.3, -0.25) is 14.7 Å². The lowest BCUT2D eigenvalue weighted by atomic mass is 10.0. The molecule has 0 saturated carbocycles. The molecule has 0 N–H and O–H groups in total. The van der Waals surface area contributed by atoms with E-state index in [9.17, 15) is 14.4 Å². The molecule has 2 atom stereocenters. The fourth-order valence-corrected chi connectivity index (χ4v) is 4.83. The molecular formula is C43H70N2O5. The van der Waals surface area contributed by atoms with E-state index in [1.54, 1.807) is 6.92 Å². The van der Waals surface area contributed by atoms with Crippen LogP contribution in [0.2, 0.25) is 0 Å². The molecule has 2 heterocycles. The first-order chi connectivity index (χ1) is 23.7. The van der Waals surface area contributed by atoms with Crippen LogP contribution < -0.4 is 0 Å². The zero-order valence-corrected chi connectivity index (χ0v) is 33.9. The maximum Gasteiger partial charge on any atom is 0.302 e. The van der Waals surface area contributed by atoms with Crippen LogP contribution in [0.1, 0.15) is 117 Å². The summed E-state index contributed by atoms with van der Waals surface area (Å²) < 4.78 is 10.2. The molecule has 50 heavy (non-hydrogen) atoms. The number of fused-ring (bicyclic) bond motifs is 1. The number of aromatic nitrogens is 1. The molecule has 0 aliphatic carbocycles. The summed E-state index contributed by atoms with van der Waals surface area (Å²) in [4.78, 5) is 37.2. The molecule has 0 bridgehead atoms. The number of nitrogens with zero attached hydrogens (tertiary/aromatic N) is 2. The third-order valence-electron chi connectivity index (χ3n) is 7.76. The van der Waals surface area contributed by atoms with Gasteiger partial charge in [-0.2, -0.15) is 0 Å². The van der Waals surface area contributed by atoms with E-state index in [1.807, 2.05) is 46.0 Å². The number of morpholine rings is 1. The molecule has 4 rings (SSSR count). The number of aryl methyl sites for hydroxylation is 3. The maximum atomic E-state index is 10.6. The highest BCUT2D eigenvalue weighted by molar-refractivity contribution is 5.81. The topological polar surface area (TPSA) is 85.8 Å². The van der Waals surface area contributed by atoms with E-state index in [4.69, 9.17) is 9.47 Å². The van der Waals surface area contributed by atoms with E-state index in [2.05, 4.69) is 80.9 Å². The van der Waals surface area contributed by atoms with Crippen LogP contribution in [0.25, 0.3) is 10.8 Å². The minimum absolute atomic E-state index is 0.167. The first-order valence-corrected chi connectivity index (χ1v) is 18.5. The van der Waals surface area contributed by atoms with Crippen LogP contribution in [0.5, 0.6) is 0 Å². The summed E-state index contributed by atoms with van der Waals surface area (Å²) in [7, 11) is 0. The molecule has 0 spiro atoms. The Balaban J connectivity index is 0. The van der Waals surface area contributed by atoms with Crippen LogP contribution in [0, 0.1) is 26.7 Å². The fraction of sp³-hybridized carbons (Fsp3) is 0.581. The maximum absolute atomic E-state index is 10.6. The lowest BCUT2D eigenvalue weighted by Crippen LogP contribution is -2.45. The molecule has 1 aliphatic heterocycles. The highest BCUT2D eigenvalue weighted by Crippen LogP contribution is 2.13. The average molecular weight is 695 g/mol. The third kappa shape index (κ3) is 24.7. The molecule has 3 aromatic rings. The Kier molecular flexibility index (Phi) is 29.6. The Hall–Kier alpha value is -3.42. The number of Topliss-reactive ketones (excluding diaryl/α,β-unsaturated/α-hetero) is 2. The number of ketones is 2. The molecular weight excluding hydrogens is 624 g/mol. The lowest BCUT2D eigenvalue weighted by molar-refractivity contribution is -0.142. The quantitative estimate of drug-likeness (QED) is 0.206. The molecule has 7 nitrogen and oxygen atoms in total. The van der Waals surface area contributed by atoms with Gasteiger partial charge in [-0.25, -0.2) is 0 Å². The number of benzene rings is 2. The minimum atomic E-state index is -0.260. The van der Waals surface area contributed by atoms with E-state index in [-0.39, 0.29) is 23.5 Å². The van der Waals surface area contributed by atoms with Crippen molar-refractivity contribution >= 4 is 28.3 Å². The van der Waals surface area contributed by atoms with Gasteiger partial charge in [0.25, 0.3) is 0 Å². The van der Waals surface area contributed by atoms with Crippen LogP contribution in [-0.4, -0.2) is 66.4 Å². The second-order valence-electron chi connectivity index (χ2n) is 12.6. The van der Waals surface area contributed by atoms with Crippen molar-refractivity contribution in [3.63, 3.8) is 0 Å².